The van der Waals surface area contributed by atoms with E-state index >= 15 is 0 Å². The predicted octanol–water partition coefficient (Wildman–Crippen LogP) is 3.70. The molecule has 3 N–H and O–H groups in total. The van der Waals surface area contributed by atoms with Crippen molar-refractivity contribution in [2.45, 2.75) is 32.1 Å². The van der Waals surface area contributed by atoms with Gasteiger partial charge in [0.25, 0.3) is 5.91 Å². The number of hydrogen-bond acceptors (Lipinski definition) is 8. The van der Waals surface area contributed by atoms with Crippen LogP contribution in [0.25, 0.3) is 0 Å². The number of amides is 1. The number of anilines is 2. The smallest absolute Gasteiger partial charge is 0.254 e. The summed E-state index contributed by atoms with van der Waals surface area (Å²) in [6, 6.07) is 9.62. The van der Waals surface area contributed by atoms with E-state index in [1.165, 1.54) is 31.4 Å². The first-order chi connectivity index (χ1) is 16.2. The van der Waals surface area contributed by atoms with Crippen molar-refractivity contribution in [3.8, 4) is 5.75 Å². The van der Waals surface area contributed by atoms with E-state index in [0.717, 1.165) is 60.9 Å². The van der Waals surface area contributed by atoms with Gasteiger partial charge < -0.3 is 25.0 Å². The van der Waals surface area contributed by atoms with Crippen LogP contribution in [0.3, 0.4) is 0 Å². The fraction of sp³-hybridized carbons (Fsp3) is 0.458. The maximum atomic E-state index is 13.3. The Morgan fingerprint density at radius 1 is 1.18 bits per heavy atom. The second kappa shape index (κ2) is 9.91. The largest absolute Gasteiger partial charge is 0.492 e. The molecule has 1 aromatic carbocycles. The molecule has 0 unspecified atom stereocenters. The number of hydrogen-bond donors (Lipinski definition) is 2. The van der Waals surface area contributed by atoms with E-state index in [9.17, 15) is 4.79 Å². The van der Waals surface area contributed by atoms with Gasteiger partial charge in [-0.05, 0) is 56.4 Å². The molecule has 2 fully saturated rings. The first kappa shape index (κ1) is 21.9. The highest BCUT2D eigenvalue weighted by Crippen LogP contribution is 2.33. The third-order valence-corrected chi connectivity index (χ3v) is 7.13. The van der Waals surface area contributed by atoms with Crippen molar-refractivity contribution in [3.63, 3.8) is 0 Å². The van der Waals surface area contributed by atoms with Crippen LogP contribution in [0, 0.1) is 5.92 Å². The number of pyridine rings is 1. The van der Waals surface area contributed by atoms with Gasteiger partial charge >= 0.3 is 0 Å². The number of piperidine rings is 2. The Labute approximate surface area is 198 Å². The van der Waals surface area contributed by atoms with Crippen LogP contribution in [-0.2, 0) is 0 Å². The average molecular weight is 467 g/mol. The minimum Gasteiger partial charge on any atom is -0.492 e. The highest BCUT2D eigenvalue weighted by atomic mass is 32.2. The summed E-state index contributed by atoms with van der Waals surface area (Å²) in [5.74, 6) is 2.45. The van der Waals surface area contributed by atoms with Gasteiger partial charge in [-0.1, -0.05) is 6.07 Å². The quantitative estimate of drug-likeness (QED) is 0.649. The van der Waals surface area contributed by atoms with Crippen molar-refractivity contribution in [2.24, 2.45) is 16.0 Å². The average Bonchev–Trinajstić information content (AvgIpc) is 2.88. The van der Waals surface area contributed by atoms with Gasteiger partial charge in [0.2, 0.25) is 0 Å². The van der Waals surface area contributed by atoms with Gasteiger partial charge in [-0.3, -0.25) is 4.79 Å². The van der Waals surface area contributed by atoms with Crippen molar-refractivity contribution in [3.05, 3.63) is 47.7 Å². The number of aromatic nitrogens is 1. The van der Waals surface area contributed by atoms with Crippen LogP contribution in [0.2, 0.25) is 0 Å². The Kier molecular flexibility index (Phi) is 6.57. The first-order valence-corrected chi connectivity index (χ1v) is 12.5. The lowest BCUT2D eigenvalue weighted by Gasteiger charge is -2.33. The van der Waals surface area contributed by atoms with Gasteiger partial charge in [0.15, 0.2) is 0 Å². The Balaban J connectivity index is 1.23. The molecule has 3 aliphatic heterocycles. The van der Waals surface area contributed by atoms with Gasteiger partial charge in [-0.25, -0.2) is 4.98 Å². The van der Waals surface area contributed by atoms with Gasteiger partial charge in [-0.2, -0.15) is 4.40 Å². The topological polar surface area (TPSA) is 96.1 Å². The Bertz CT molecular complexity index is 1040. The third-order valence-electron chi connectivity index (χ3n) is 6.54. The zero-order valence-corrected chi connectivity index (χ0v) is 19.5. The lowest BCUT2D eigenvalue weighted by atomic mass is 9.98. The number of ether oxygens (including phenoxy) is 1. The first-order valence-electron chi connectivity index (χ1n) is 11.7. The van der Waals surface area contributed by atoms with Crippen LogP contribution in [0.4, 0.5) is 11.5 Å². The monoisotopic (exact) mass is 466 g/mol. The molecule has 3 aliphatic rings. The lowest BCUT2D eigenvalue weighted by Crippen LogP contribution is -2.41. The van der Waals surface area contributed by atoms with E-state index < -0.39 is 0 Å². The van der Waals surface area contributed by atoms with E-state index in [0.29, 0.717) is 19.0 Å². The van der Waals surface area contributed by atoms with E-state index in [1.54, 1.807) is 6.20 Å². The summed E-state index contributed by atoms with van der Waals surface area (Å²) >= 11 is 1.22. The fourth-order valence-corrected chi connectivity index (χ4v) is 5.29. The normalized spacial score (nSPS) is 20.5. The van der Waals surface area contributed by atoms with Crippen LogP contribution in [0.1, 0.15) is 48.0 Å². The van der Waals surface area contributed by atoms with Crippen molar-refractivity contribution in [2.75, 3.05) is 42.4 Å². The minimum atomic E-state index is 0.0788. The zero-order valence-electron chi connectivity index (χ0n) is 18.7. The zero-order chi connectivity index (χ0) is 22.6. The Morgan fingerprint density at radius 2 is 2.06 bits per heavy atom. The molecule has 0 radical (unpaired) electrons. The molecule has 0 saturated carbocycles. The number of nitrogens with zero attached hydrogens (tertiary/aromatic N) is 4. The molecule has 33 heavy (non-hydrogen) atoms. The number of nitrogens with one attached hydrogen (secondary N) is 1. The third kappa shape index (κ3) is 4.88. The van der Waals surface area contributed by atoms with Crippen molar-refractivity contribution in [1.82, 2.24) is 9.88 Å². The van der Waals surface area contributed by atoms with Crippen LogP contribution in [0.15, 0.2) is 40.9 Å². The molecule has 2 saturated heterocycles. The summed E-state index contributed by atoms with van der Waals surface area (Å²) in [5, 5.41) is 0. The van der Waals surface area contributed by atoms with Crippen LogP contribution >= 0.6 is 12.1 Å². The predicted molar refractivity (Wildman–Crippen MR) is 133 cm³/mol. The summed E-state index contributed by atoms with van der Waals surface area (Å²) in [6.07, 6.45) is 7.41. The summed E-state index contributed by atoms with van der Waals surface area (Å²) < 4.78 is 13.5. The second-order valence-corrected chi connectivity index (χ2v) is 9.44. The Morgan fingerprint density at radius 3 is 2.94 bits per heavy atom. The van der Waals surface area contributed by atoms with E-state index in [-0.39, 0.29) is 11.8 Å². The second-order valence-electron chi connectivity index (χ2n) is 8.87. The number of likely N-dealkylation sites (tertiary alicyclic amines) is 1. The van der Waals surface area contributed by atoms with Crippen molar-refractivity contribution < 1.29 is 9.53 Å². The molecular formula is C24H30N6O2S. The minimum absolute atomic E-state index is 0.0788. The van der Waals surface area contributed by atoms with Gasteiger partial charge in [0.05, 0.1) is 30.0 Å². The summed E-state index contributed by atoms with van der Waals surface area (Å²) in [6.45, 7) is 4.03. The molecule has 1 amide bonds. The summed E-state index contributed by atoms with van der Waals surface area (Å²) in [7, 11) is 0. The van der Waals surface area contributed by atoms with E-state index in [4.69, 9.17) is 10.5 Å². The molecule has 1 atom stereocenters. The highest BCUT2D eigenvalue weighted by molar-refractivity contribution is 7.99. The maximum Gasteiger partial charge on any atom is 0.254 e. The fourth-order valence-electron chi connectivity index (χ4n) is 4.79. The standard InChI is InChI=1S/C24H30N6O2S/c25-23-22-19(27-33-28-23)7-4-8-20(22)32-16-17-6-5-13-30(15-17)24(31)18-9-10-26-21(14-18)29-11-2-1-3-12-29/h4,7-10,14,17,27H,1-3,5-6,11-13,15-16H2,(H2,25,28)/t17-/m0/s1. The van der Waals surface area contributed by atoms with Crippen LogP contribution < -0.4 is 20.1 Å². The molecule has 4 heterocycles. The van der Waals surface area contributed by atoms with Gasteiger partial charge in [-0.15, -0.1) is 0 Å². The molecule has 8 nitrogen and oxygen atoms in total. The van der Waals surface area contributed by atoms with E-state index in [1.807, 2.05) is 35.2 Å². The number of amidine groups is 1. The number of benzene rings is 1. The van der Waals surface area contributed by atoms with Crippen LogP contribution in [-0.4, -0.2) is 54.4 Å². The van der Waals surface area contributed by atoms with Gasteiger partial charge in [0.1, 0.15) is 17.4 Å². The lowest BCUT2D eigenvalue weighted by molar-refractivity contribution is 0.0633. The number of nitrogens with two attached hydrogens (primary N) is 1. The Hall–Kier alpha value is -2.94. The SMILES string of the molecule is NC1=NSNc2cccc(OC[C@H]3CCCN(C(=O)c4ccnc(N5CCCCC5)c4)C3)c21. The molecule has 0 bridgehead atoms. The number of rotatable bonds is 5. The number of carbonyl (C=O) groups is 1. The molecule has 2 aromatic rings. The maximum absolute atomic E-state index is 13.3. The molecule has 5 rings (SSSR count). The molecule has 9 heteroatoms. The van der Waals surface area contributed by atoms with Crippen LogP contribution in [0.5, 0.6) is 5.75 Å². The van der Waals surface area contributed by atoms with Crippen molar-refractivity contribution >= 4 is 35.4 Å². The summed E-state index contributed by atoms with van der Waals surface area (Å²) in [4.78, 5) is 22.1. The number of fused-ring (bicyclic) bond motifs is 1. The molecule has 174 valence electrons. The van der Waals surface area contributed by atoms with Gasteiger partial charge in [0, 0.05) is 43.9 Å². The molecule has 1 aromatic heterocycles. The summed E-state index contributed by atoms with van der Waals surface area (Å²) in [5.41, 5.74) is 8.53. The number of carbonyl (C=O) groups excluding carboxylic acids is 1. The highest BCUT2D eigenvalue weighted by Gasteiger charge is 2.26. The molecule has 0 aliphatic carbocycles. The van der Waals surface area contributed by atoms with Crippen molar-refractivity contribution in [1.29, 1.82) is 0 Å². The molecular weight excluding hydrogens is 436 g/mol. The van der Waals surface area contributed by atoms with E-state index in [2.05, 4.69) is 19.0 Å². The molecule has 0 spiro atoms.